The van der Waals surface area contributed by atoms with Gasteiger partial charge in [0.1, 0.15) is 5.01 Å². The van der Waals surface area contributed by atoms with Crippen LogP contribution in [-0.2, 0) is 5.41 Å². The third-order valence-electron chi connectivity index (χ3n) is 3.45. The quantitative estimate of drug-likeness (QED) is 0.791. The molecule has 1 fully saturated rings. The van der Waals surface area contributed by atoms with Crippen LogP contribution in [0.5, 0.6) is 0 Å². The Morgan fingerprint density at radius 3 is 2.75 bits per heavy atom. The van der Waals surface area contributed by atoms with Crippen LogP contribution in [0.25, 0.3) is 0 Å². The minimum absolute atomic E-state index is 0.174. The lowest BCUT2D eigenvalue weighted by atomic mass is 9.65. The van der Waals surface area contributed by atoms with Crippen LogP contribution >= 0.6 is 11.3 Å². The van der Waals surface area contributed by atoms with Crippen LogP contribution in [-0.4, -0.2) is 9.97 Å². The van der Waals surface area contributed by atoms with E-state index in [2.05, 4.69) is 28.3 Å². The van der Waals surface area contributed by atoms with Crippen molar-refractivity contribution in [2.24, 2.45) is 0 Å². The van der Waals surface area contributed by atoms with E-state index in [0.717, 1.165) is 5.69 Å². The van der Waals surface area contributed by atoms with Crippen molar-refractivity contribution in [3.63, 3.8) is 0 Å². The van der Waals surface area contributed by atoms with E-state index in [1.54, 1.807) is 11.3 Å². The topological polar surface area (TPSA) is 25.8 Å². The number of aryl methyl sites for hydroxylation is 1. The summed E-state index contributed by atoms with van der Waals surface area (Å²) in [4.78, 5) is 8.91. The van der Waals surface area contributed by atoms with Crippen molar-refractivity contribution in [2.45, 2.75) is 31.6 Å². The zero-order chi connectivity index (χ0) is 11.0. The first-order chi connectivity index (χ1) is 7.81. The Kier molecular flexibility index (Phi) is 2.28. The van der Waals surface area contributed by atoms with Crippen LogP contribution in [0.2, 0.25) is 0 Å². The van der Waals surface area contributed by atoms with Crippen LogP contribution in [0.1, 0.15) is 35.5 Å². The highest BCUT2D eigenvalue weighted by Crippen LogP contribution is 2.49. The molecule has 0 atom stereocenters. The van der Waals surface area contributed by atoms with Crippen molar-refractivity contribution >= 4 is 11.3 Å². The fourth-order valence-electron chi connectivity index (χ4n) is 2.38. The Morgan fingerprint density at radius 2 is 2.25 bits per heavy atom. The Balaban J connectivity index is 2.07. The lowest BCUT2D eigenvalue weighted by molar-refractivity contribution is 0.299. The molecule has 1 saturated carbocycles. The van der Waals surface area contributed by atoms with Crippen molar-refractivity contribution in [3.05, 3.63) is 46.2 Å². The molecular weight excluding hydrogens is 216 g/mol. The summed E-state index contributed by atoms with van der Waals surface area (Å²) in [6.45, 7) is 2.07. The van der Waals surface area contributed by atoms with Gasteiger partial charge in [0, 0.05) is 28.9 Å². The molecule has 1 aliphatic carbocycles. The molecule has 2 aromatic heterocycles. The Labute approximate surface area is 99.4 Å². The van der Waals surface area contributed by atoms with Gasteiger partial charge in [0.2, 0.25) is 0 Å². The summed E-state index contributed by atoms with van der Waals surface area (Å²) >= 11 is 1.79. The highest BCUT2D eigenvalue weighted by molar-refractivity contribution is 7.09. The maximum atomic E-state index is 4.67. The highest BCUT2D eigenvalue weighted by Gasteiger charge is 2.42. The second-order valence-corrected chi connectivity index (χ2v) is 5.33. The summed E-state index contributed by atoms with van der Waals surface area (Å²) in [5.74, 6) is 0. The largest absolute Gasteiger partial charge is 0.264 e. The number of thiazole rings is 1. The van der Waals surface area contributed by atoms with Gasteiger partial charge in [-0.3, -0.25) is 4.98 Å². The first-order valence-corrected chi connectivity index (χ1v) is 6.52. The molecule has 2 nitrogen and oxygen atoms in total. The van der Waals surface area contributed by atoms with Gasteiger partial charge < -0.3 is 0 Å². The van der Waals surface area contributed by atoms with E-state index in [9.17, 15) is 0 Å². The SMILES string of the molecule is Cc1csc(C2(c3cccnc3)CCC2)n1. The molecule has 0 aromatic carbocycles. The maximum absolute atomic E-state index is 4.67. The number of pyridine rings is 1. The average molecular weight is 230 g/mol. The Bertz CT molecular complexity index is 486. The minimum atomic E-state index is 0.174. The number of nitrogens with zero attached hydrogens (tertiary/aromatic N) is 2. The van der Waals surface area contributed by atoms with Crippen LogP contribution in [0, 0.1) is 6.92 Å². The minimum Gasteiger partial charge on any atom is -0.264 e. The molecule has 0 bridgehead atoms. The van der Waals surface area contributed by atoms with Gasteiger partial charge in [-0.2, -0.15) is 0 Å². The predicted molar refractivity (Wildman–Crippen MR) is 65.7 cm³/mol. The summed E-state index contributed by atoms with van der Waals surface area (Å²) in [7, 11) is 0. The van der Waals surface area contributed by atoms with Gasteiger partial charge in [-0.05, 0) is 31.4 Å². The molecule has 2 heterocycles. The lowest BCUT2D eigenvalue weighted by Crippen LogP contribution is -2.35. The summed E-state index contributed by atoms with van der Waals surface area (Å²) < 4.78 is 0. The maximum Gasteiger partial charge on any atom is 0.103 e. The number of aromatic nitrogens is 2. The molecule has 16 heavy (non-hydrogen) atoms. The number of hydrogen-bond acceptors (Lipinski definition) is 3. The molecule has 82 valence electrons. The normalized spacial score (nSPS) is 18.1. The molecule has 0 saturated heterocycles. The Hall–Kier alpha value is -1.22. The van der Waals surface area contributed by atoms with E-state index in [0.29, 0.717) is 0 Å². The van der Waals surface area contributed by atoms with Crippen LogP contribution in [0.3, 0.4) is 0 Å². The third kappa shape index (κ3) is 1.39. The molecule has 3 heteroatoms. The second-order valence-electron chi connectivity index (χ2n) is 4.47. The van der Waals surface area contributed by atoms with Gasteiger partial charge in [0.05, 0.1) is 0 Å². The molecular formula is C13H14N2S. The van der Waals surface area contributed by atoms with Gasteiger partial charge >= 0.3 is 0 Å². The second kappa shape index (κ2) is 3.67. The molecule has 1 aliphatic rings. The number of rotatable bonds is 2. The molecule has 0 spiro atoms. The van der Waals surface area contributed by atoms with Crippen molar-refractivity contribution in [1.29, 1.82) is 0 Å². The monoisotopic (exact) mass is 230 g/mol. The van der Waals surface area contributed by atoms with E-state index in [4.69, 9.17) is 0 Å². The van der Waals surface area contributed by atoms with E-state index < -0.39 is 0 Å². The van der Waals surface area contributed by atoms with E-state index >= 15 is 0 Å². The van der Waals surface area contributed by atoms with Crippen LogP contribution in [0.4, 0.5) is 0 Å². The van der Waals surface area contributed by atoms with Crippen molar-refractivity contribution in [3.8, 4) is 0 Å². The van der Waals surface area contributed by atoms with E-state index in [1.807, 2.05) is 18.5 Å². The fourth-order valence-corrected chi connectivity index (χ4v) is 3.46. The summed E-state index contributed by atoms with van der Waals surface area (Å²) in [6, 6.07) is 4.21. The molecule has 2 aromatic rings. The highest BCUT2D eigenvalue weighted by atomic mass is 32.1. The average Bonchev–Trinajstić information content (AvgIpc) is 2.65. The fraction of sp³-hybridized carbons (Fsp3) is 0.385. The summed E-state index contributed by atoms with van der Waals surface area (Å²) in [5.41, 5.74) is 2.64. The van der Waals surface area contributed by atoms with E-state index in [-0.39, 0.29) is 5.41 Å². The molecule has 0 amide bonds. The van der Waals surface area contributed by atoms with Gasteiger partial charge in [0.25, 0.3) is 0 Å². The van der Waals surface area contributed by atoms with Gasteiger partial charge in [-0.25, -0.2) is 4.98 Å². The molecule has 0 radical (unpaired) electrons. The molecule has 0 aliphatic heterocycles. The zero-order valence-electron chi connectivity index (χ0n) is 9.31. The van der Waals surface area contributed by atoms with Gasteiger partial charge in [0.15, 0.2) is 0 Å². The first-order valence-electron chi connectivity index (χ1n) is 5.64. The van der Waals surface area contributed by atoms with Crippen molar-refractivity contribution < 1.29 is 0 Å². The lowest BCUT2D eigenvalue weighted by Gasteiger charge is -2.40. The third-order valence-corrected chi connectivity index (χ3v) is 4.61. The zero-order valence-corrected chi connectivity index (χ0v) is 10.1. The number of hydrogen-bond donors (Lipinski definition) is 0. The Morgan fingerprint density at radius 1 is 1.38 bits per heavy atom. The summed E-state index contributed by atoms with van der Waals surface area (Å²) in [5, 5.41) is 3.41. The summed E-state index contributed by atoms with van der Waals surface area (Å²) in [6.07, 6.45) is 7.56. The van der Waals surface area contributed by atoms with Crippen molar-refractivity contribution in [2.75, 3.05) is 0 Å². The predicted octanol–water partition coefficient (Wildman–Crippen LogP) is 3.32. The molecule has 3 rings (SSSR count). The van der Waals surface area contributed by atoms with Crippen LogP contribution < -0.4 is 0 Å². The standard InChI is InChI=1S/C13H14N2S/c1-10-9-16-12(15-10)13(5-3-6-13)11-4-2-7-14-8-11/h2,4,7-9H,3,5-6H2,1H3. The molecule has 0 N–H and O–H groups in total. The van der Waals surface area contributed by atoms with E-state index in [1.165, 1.54) is 29.8 Å². The molecule has 0 unspecified atom stereocenters. The first kappa shape index (κ1) is 9.97. The van der Waals surface area contributed by atoms with Crippen molar-refractivity contribution in [1.82, 2.24) is 9.97 Å². The van der Waals surface area contributed by atoms with Gasteiger partial charge in [-0.1, -0.05) is 12.5 Å². The smallest absolute Gasteiger partial charge is 0.103 e. The van der Waals surface area contributed by atoms with Crippen LogP contribution in [0.15, 0.2) is 29.9 Å². The van der Waals surface area contributed by atoms with Gasteiger partial charge in [-0.15, -0.1) is 11.3 Å².